The molecule has 11 heteroatoms. The van der Waals surface area contributed by atoms with Crippen LogP contribution >= 0.6 is 0 Å². The van der Waals surface area contributed by atoms with Crippen LogP contribution in [0.25, 0.3) is 11.4 Å². The number of imidazole rings is 1. The van der Waals surface area contributed by atoms with E-state index < -0.39 is 21.8 Å². The molecular weight excluding hydrogens is 449 g/mol. The molecule has 9 nitrogen and oxygen atoms in total. The Morgan fingerprint density at radius 1 is 1.18 bits per heavy atom. The highest BCUT2D eigenvalue weighted by Crippen LogP contribution is 2.35. The van der Waals surface area contributed by atoms with Crippen molar-refractivity contribution in [3.05, 3.63) is 47.8 Å². The lowest BCUT2D eigenvalue weighted by atomic mass is 10.1. The SMILES string of the molecule is Cc1ncc(-c2nc(Nc3ccc4c(c3)C(O)CCS4(=O)=O)ncc2F)n1C1CCOCC1. The number of fused-ring (bicyclic) bond motifs is 1. The van der Waals surface area contributed by atoms with Crippen LogP contribution in [-0.4, -0.2) is 52.0 Å². The van der Waals surface area contributed by atoms with Gasteiger partial charge in [0, 0.05) is 30.5 Å². The molecule has 1 fully saturated rings. The lowest BCUT2D eigenvalue weighted by Gasteiger charge is -2.26. The minimum absolute atomic E-state index is 0.0847. The molecular formula is C22H24FN5O4S. The maximum atomic E-state index is 14.8. The third-order valence-electron chi connectivity index (χ3n) is 6.14. The van der Waals surface area contributed by atoms with Gasteiger partial charge in [0.1, 0.15) is 11.5 Å². The highest BCUT2D eigenvalue weighted by molar-refractivity contribution is 7.91. The number of nitrogens with one attached hydrogen (secondary N) is 1. The van der Waals surface area contributed by atoms with Crippen LogP contribution in [0.4, 0.5) is 16.0 Å². The second-order valence-electron chi connectivity index (χ2n) is 8.30. The van der Waals surface area contributed by atoms with E-state index in [-0.39, 0.29) is 34.8 Å². The monoisotopic (exact) mass is 473 g/mol. The van der Waals surface area contributed by atoms with Gasteiger partial charge in [-0.25, -0.2) is 27.8 Å². The zero-order valence-corrected chi connectivity index (χ0v) is 18.8. The number of nitrogens with zero attached hydrogens (tertiary/aromatic N) is 4. The highest BCUT2D eigenvalue weighted by Gasteiger charge is 2.29. The Balaban J connectivity index is 1.48. The van der Waals surface area contributed by atoms with Crippen molar-refractivity contribution in [2.75, 3.05) is 24.3 Å². The fourth-order valence-corrected chi connectivity index (χ4v) is 6.05. The number of hydrogen-bond acceptors (Lipinski definition) is 8. The molecule has 0 amide bonds. The van der Waals surface area contributed by atoms with Gasteiger partial charge in [-0.15, -0.1) is 0 Å². The van der Waals surface area contributed by atoms with Crippen molar-refractivity contribution in [3.8, 4) is 11.4 Å². The summed E-state index contributed by atoms with van der Waals surface area (Å²) in [7, 11) is -3.41. The number of hydrogen-bond donors (Lipinski definition) is 2. The standard InChI is InChI=1S/C22H24FN5O4S/c1-13-24-12-18(28(13)15-4-7-32-8-5-15)21-17(23)11-25-22(27-21)26-14-2-3-20-16(10-14)19(29)6-9-33(20,30)31/h2-3,10-12,15,19,29H,4-9H2,1H3,(H,25,26,27). The van der Waals surface area contributed by atoms with E-state index in [1.807, 2.05) is 11.5 Å². The van der Waals surface area contributed by atoms with Gasteiger partial charge in [-0.1, -0.05) is 0 Å². The summed E-state index contributed by atoms with van der Waals surface area (Å²) in [5, 5.41) is 13.3. The molecule has 1 atom stereocenters. The number of aliphatic hydroxyl groups excluding tert-OH is 1. The summed E-state index contributed by atoms with van der Waals surface area (Å²) in [5.74, 6) is 0.269. The molecule has 3 aromatic rings. The summed E-state index contributed by atoms with van der Waals surface area (Å²) in [6.45, 7) is 3.16. The van der Waals surface area contributed by atoms with Crippen molar-refractivity contribution in [1.82, 2.24) is 19.5 Å². The van der Waals surface area contributed by atoms with E-state index in [2.05, 4.69) is 20.3 Å². The third-order valence-corrected chi connectivity index (χ3v) is 7.96. The molecule has 5 rings (SSSR count). The number of aliphatic hydroxyl groups is 1. The Kier molecular flexibility index (Phi) is 5.63. The van der Waals surface area contributed by atoms with Gasteiger partial charge in [-0.3, -0.25) is 0 Å². The van der Waals surface area contributed by atoms with Crippen molar-refractivity contribution in [2.45, 2.75) is 43.2 Å². The quantitative estimate of drug-likeness (QED) is 0.593. The molecule has 2 aliphatic heterocycles. The van der Waals surface area contributed by atoms with Gasteiger partial charge in [-0.2, -0.15) is 0 Å². The van der Waals surface area contributed by atoms with Crippen LogP contribution in [0.3, 0.4) is 0 Å². The number of aryl methyl sites for hydroxylation is 1. The minimum Gasteiger partial charge on any atom is -0.388 e. The summed E-state index contributed by atoms with van der Waals surface area (Å²) in [6.07, 6.45) is 3.60. The molecule has 0 bridgehead atoms. The fourth-order valence-electron chi connectivity index (χ4n) is 4.47. The van der Waals surface area contributed by atoms with Crippen LogP contribution in [0.2, 0.25) is 0 Å². The van der Waals surface area contributed by atoms with Gasteiger partial charge in [0.2, 0.25) is 5.95 Å². The van der Waals surface area contributed by atoms with Crippen molar-refractivity contribution < 1.29 is 22.7 Å². The lowest BCUT2D eigenvalue weighted by Crippen LogP contribution is -2.21. The van der Waals surface area contributed by atoms with Crippen molar-refractivity contribution >= 4 is 21.5 Å². The average Bonchev–Trinajstić information content (AvgIpc) is 3.19. The maximum Gasteiger partial charge on any atom is 0.227 e. The summed E-state index contributed by atoms with van der Waals surface area (Å²) in [6, 6.07) is 4.76. The first-order valence-electron chi connectivity index (χ1n) is 10.8. The molecule has 2 aromatic heterocycles. The van der Waals surface area contributed by atoms with Gasteiger partial charge in [0.15, 0.2) is 15.7 Å². The third kappa shape index (κ3) is 4.11. The van der Waals surface area contributed by atoms with Crippen LogP contribution in [0.1, 0.15) is 42.8 Å². The average molecular weight is 474 g/mol. The van der Waals surface area contributed by atoms with Crippen LogP contribution in [0, 0.1) is 12.7 Å². The first kappa shape index (κ1) is 21.9. The summed E-state index contributed by atoms with van der Waals surface area (Å²) >= 11 is 0. The summed E-state index contributed by atoms with van der Waals surface area (Å²) < 4.78 is 46.8. The van der Waals surface area contributed by atoms with E-state index in [0.29, 0.717) is 30.2 Å². The van der Waals surface area contributed by atoms with Crippen LogP contribution in [0.5, 0.6) is 0 Å². The molecule has 4 heterocycles. The van der Waals surface area contributed by atoms with Gasteiger partial charge in [-0.05, 0) is 44.4 Å². The molecule has 33 heavy (non-hydrogen) atoms. The van der Waals surface area contributed by atoms with Gasteiger partial charge in [0.25, 0.3) is 0 Å². The van der Waals surface area contributed by atoms with Crippen molar-refractivity contribution in [2.24, 2.45) is 0 Å². The van der Waals surface area contributed by atoms with E-state index >= 15 is 0 Å². The smallest absolute Gasteiger partial charge is 0.227 e. The second kappa shape index (κ2) is 8.47. The molecule has 174 valence electrons. The first-order valence-corrected chi connectivity index (χ1v) is 12.4. The molecule has 1 saturated heterocycles. The Labute approximate surface area is 190 Å². The number of aromatic nitrogens is 4. The van der Waals surface area contributed by atoms with Crippen molar-refractivity contribution in [3.63, 3.8) is 0 Å². The second-order valence-corrected chi connectivity index (χ2v) is 10.4. The van der Waals surface area contributed by atoms with E-state index in [9.17, 15) is 17.9 Å². The van der Waals surface area contributed by atoms with Gasteiger partial charge in [0.05, 0.1) is 34.8 Å². The molecule has 0 radical (unpaired) electrons. The Hall–Kier alpha value is -2.89. The fraction of sp³-hybridized carbons (Fsp3) is 0.409. The number of sulfone groups is 1. The number of halogens is 1. The normalized spacial score (nSPS) is 20.4. The topological polar surface area (TPSA) is 119 Å². The molecule has 2 aliphatic rings. The molecule has 0 aliphatic carbocycles. The van der Waals surface area contributed by atoms with Crippen LogP contribution < -0.4 is 5.32 Å². The lowest BCUT2D eigenvalue weighted by molar-refractivity contribution is 0.0694. The predicted molar refractivity (Wildman–Crippen MR) is 118 cm³/mol. The Morgan fingerprint density at radius 3 is 2.76 bits per heavy atom. The molecule has 0 saturated carbocycles. The van der Waals surface area contributed by atoms with E-state index in [4.69, 9.17) is 4.74 Å². The minimum atomic E-state index is -3.41. The molecule has 0 spiro atoms. The summed E-state index contributed by atoms with van der Waals surface area (Å²) in [5.41, 5.74) is 1.52. The van der Waals surface area contributed by atoms with Crippen LogP contribution in [-0.2, 0) is 14.6 Å². The molecule has 1 aromatic carbocycles. The predicted octanol–water partition coefficient (Wildman–Crippen LogP) is 3.09. The molecule has 1 unspecified atom stereocenters. The van der Waals surface area contributed by atoms with E-state index in [0.717, 1.165) is 24.9 Å². The van der Waals surface area contributed by atoms with E-state index in [1.54, 1.807) is 18.3 Å². The number of ether oxygens (including phenoxy) is 1. The summed E-state index contributed by atoms with van der Waals surface area (Å²) in [4.78, 5) is 12.9. The zero-order valence-electron chi connectivity index (χ0n) is 18.0. The van der Waals surface area contributed by atoms with Gasteiger partial charge >= 0.3 is 0 Å². The first-order chi connectivity index (χ1) is 15.8. The van der Waals surface area contributed by atoms with Crippen LogP contribution in [0.15, 0.2) is 35.5 Å². The largest absolute Gasteiger partial charge is 0.388 e. The van der Waals surface area contributed by atoms with E-state index in [1.165, 1.54) is 6.07 Å². The molecule has 2 N–H and O–H groups in total. The number of rotatable bonds is 4. The van der Waals surface area contributed by atoms with Crippen molar-refractivity contribution in [1.29, 1.82) is 0 Å². The number of benzene rings is 1. The maximum absolute atomic E-state index is 14.8. The number of anilines is 2. The van der Waals surface area contributed by atoms with Gasteiger partial charge < -0.3 is 19.7 Å². The Morgan fingerprint density at radius 2 is 1.97 bits per heavy atom. The highest BCUT2D eigenvalue weighted by atomic mass is 32.2. The zero-order chi connectivity index (χ0) is 23.2. The Bertz CT molecular complexity index is 1300.